The summed E-state index contributed by atoms with van der Waals surface area (Å²) in [6, 6.07) is 0. The van der Waals surface area contributed by atoms with Crippen molar-refractivity contribution in [3.63, 3.8) is 0 Å². The Hall–Kier alpha value is -0.437. The average molecular weight is 248 g/mol. The van der Waals surface area contributed by atoms with Crippen molar-refractivity contribution >= 4 is 12.4 Å². The van der Waals surface area contributed by atoms with Gasteiger partial charge in [0.15, 0.2) is 0 Å². The van der Waals surface area contributed by atoms with Crippen LogP contribution in [0.1, 0.15) is 13.8 Å². The van der Waals surface area contributed by atoms with Crippen LogP contribution in [-0.2, 0) is 38.5 Å². The van der Waals surface area contributed by atoms with Gasteiger partial charge in [0.25, 0.3) is 0 Å². The van der Waals surface area contributed by atoms with Gasteiger partial charge in [0, 0.05) is 0 Å². The molecule has 0 heterocycles. The molecule has 0 aromatic rings. The predicted octanol–water partition coefficient (Wildman–Crippen LogP) is 0.224. The second-order valence-electron chi connectivity index (χ2n) is 1.96. The van der Waals surface area contributed by atoms with Crippen molar-refractivity contribution in [1.82, 2.24) is 0 Å². The van der Waals surface area contributed by atoms with E-state index in [1.807, 2.05) is 0 Å². The van der Waals surface area contributed by atoms with Gasteiger partial charge in [0.05, 0.1) is 5.92 Å². The van der Waals surface area contributed by atoms with E-state index in [9.17, 15) is 9.59 Å². The molecule has 0 fully saturated rings. The topological polar surface area (TPSA) is 52.6 Å². The molecular weight excluding hydrogens is 239 g/mol. The first-order chi connectivity index (χ1) is 4.68. The first kappa shape index (κ1) is 13.2. The Kier molecular flexibility index (Phi) is 9.18. The second kappa shape index (κ2) is 7.67. The summed E-state index contributed by atoms with van der Waals surface area (Å²) < 4.78 is 8.43. The van der Waals surface area contributed by atoms with Crippen molar-refractivity contribution in [1.29, 1.82) is 0 Å². The number of ether oxygens (including phenoxy) is 2. The average Bonchev–Trinajstić information content (AvgIpc) is 1.88. The molecule has 0 aromatic carbocycles. The van der Waals surface area contributed by atoms with Gasteiger partial charge in [-0.25, -0.2) is 0 Å². The van der Waals surface area contributed by atoms with Crippen molar-refractivity contribution in [2.45, 2.75) is 13.8 Å². The largest absolute Gasteiger partial charge is 2.00 e. The Labute approximate surface area is 78.0 Å². The first-order valence-corrected chi connectivity index (χ1v) is 2.84. The molecule has 0 amide bonds. The molecule has 0 N–H and O–H groups in total. The van der Waals surface area contributed by atoms with Gasteiger partial charge in [-0.1, -0.05) is 20.3 Å². The van der Waals surface area contributed by atoms with Gasteiger partial charge in [0.1, 0.15) is 0 Å². The fourth-order valence-corrected chi connectivity index (χ4v) is 0.278. The van der Waals surface area contributed by atoms with Gasteiger partial charge in [0.2, 0.25) is 6.79 Å². The molecule has 65 valence electrons. The SMILES string of the molecule is CC(C)C(=O)OCO[C-]=O.[Rh+2]. The van der Waals surface area contributed by atoms with E-state index in [0.29, 0.717) is 0 Å². The zero-order valence-electron chi connectivity index (χ0n) is 6.25. The van der Waals surface area contributed by atoms with Crippen molar-refractivity contribution in [3.8, 4) is 0 Å². The van der Waals surface area contributed by atoms with Gasteiger partial charge >= 0.3 is 25.4 Å². The van der Waals surface area contributed by atoms with Gasteiger partial charge in [-0.2, -0.15) is 0 Å². The standard InChI is InChI=1S/C6H9O4.Rh/c1-5(2)6(8)10-4-9-3-7;/h5H,4H2,1-2H3;/q-1;+2. The molecule has 0 aliphatic heterocycles. The number of hydrogen-bond donors (Lipinski definition) is 0. The van der Waals surface area contributed by atoms with Crippen LogP contribution in [-0.4, -0.2) is 19.2 Å². The summed E-state index contributed by atoms with van der Waals surface area (Å²) in [7, 11) is 0. The Morgan fingerprint density at radius 1 is 1.55 bits per heavy atom. The quantitative estimate of drug-likeness (QED) is 0.235. The molecule has 0 spiro atoms. The Balaban J connectivity index is 0. The minimum atomic E-state index is -0.393. The van der Waals surface area contributed by atoms with Crippen molar-refractivity contribution in [2.24, 2.45) is 5.92 Å². The Morgan fingerprint density at radius 3 is 2.45 bits per heavy atom. The van der Waals surface area contributed by atoms with Crippen LogP contribution in [0.4, 0.5) is 0 Å². The summed E-state index contributed by atoms with van der Waals surface area (Å²) in [5, 5.41) is 0. The number of carbonyl (C=O) groups excluding carboxylic acids is 2. The summed E-state index contributed by atoms with van der Waals surface area (Å²) in [6.45, 7) is 4.16. The van der Waals surface area contributed by atoms with E-state index in [1.165, 1.54) is 0 Å². The zero-order valence-corrected chi connectivity index (χ0v) is 7.89. The number of carbonyl (C=O) groups is 1. The maximum Gasteiger partial charge on any atom is 2.00 e. The van der Waals surface area contributed by atoms with Crippen molar-refractivity contribution in [3.05, 3.63) is 0 Å². The molecule has 4 nitrogen and oxygen atoms in total. The minimum Gasteiger partial charge on any atom is -0.626 e. The van der Waals surface area contributed by atoms with Crippen molar-refractivity contribution < 1.29 is 38.5 Å². The van der Waals surface area contributed by atoms with Crippen LogP contribution in [0.15, 0.2) is 0 Å². The Bertz CT molecular complexity index is 124. The van der Waals surface area contributed by atoms with E-state index in [-0.39, 0.29) is 32.2 Å². The molecule has 0 saturated carbocycles. The van der Waals surface area contributed by atoms with E-state index in [1.54, 1.807) is 13.8 Å². The number of hydrogen-bond acceptors (Lipinski definition) is 4. The van der Waals surface area contributed by atoms with E-state index < -0.39 is 5.97 Å². The number of rotatable bonds is 4. The molecule has 0 aliphatic rings. The maximum atomic E-state index is 10.6. The molecule has 0 atom stereocenters. The van der Waals surface area contributed by atoms with Gasteiger partial charge < -0.3 is 14.3 Å². The number of esters is 1. The summed E-state index contributed by atoms with van der Waals surface area (Å²) >= 11 is 0. The summed E-state index contributed by atoms with van der Waals surface area (Å²) in [6.07, 6.45) is 0. The van der Waals surface area contributed by atoms with Crippen LogP contribution in [0.2, 0.25) is 0 Å². The second-order valence-corrected chi connectivity index (χ2v) is 1.96. The fraction of sp³-hybridized carbons (Fsp3) is 0.667. The predicted molar refractivity (Wildman–Crippen MR) is 32.6 cm³/mol. The third kappa shape index (κ3) is 7.46. The summed E-state index contributed by atoms with van der Waals surface area (Å²) in [5.74, 6) is -0.592. The summed E-state index contributed by atoms with van der Waals surface area (Å²) in [4.78, 5) is 20.0. The molecule has 0 aromatic heterocycles. The van der Waals surface area contributed by atoms with Crippen LogP contribution in [0.3, 0.4) is 0 Å². The summed E-state index contributed by atoms with van der Waals surface area (Å²) in [5.41, 5.74) is 0. The fourth-order valence-electron chi connectivity index (χ4n) is 0.278. The van der Waals surface area contributed by atoms with E-state index in [2.05, 4.69) is 9.47 Å². The smallest absolute Gasteiger partial charge is 0.626 e. The molecule has 0 bridgehead atoms. The molecular formula is C6H9O4Rh+. The van der Waals surface area contributed by atoms with Crippen LogP contribution < -0.4 is 0 Å². The molecule has 5 heteroatoms. The monoisotopic (exact) mass is 248 g/mol. The third-order valence-corrected chi connectivity index (χ3v) is 0.790. The normalized spacial score (nSPS) is 8.27. The zero-order chi connectivity index (χ0) is 7.98. The molecule has 0 saturated heterocycles. The first-order valence-electron chi connectivity index (χ1n) is 2.84. The van der Waals surface area contributed by atoms with Crippen molar-refractivity contribution in [2.75, 3.05) is 6.79 Å². The molecule has 0 rings (SSSR count). The maximum absolute atomic E-state index is 10.6. The third-order valence-electron chi connectivity index (χ3n) is 0.790. The van der Waals surface area contributed by atoms with E-state index >= 15 is 0 Å². The van der Waals surface area contributed by atoms with Crippen LogP contribution >= 0.6 is 0 Å². The van der Waals surface area contributed by atoms with E-state index in [0.717, 1.165) is 6.47 Å². The minimum absolute atomic E-state index is 0. The molecule has 1 radical (unpaired) electrons. The van der Waals surface area contributed by atoms with Gasteiger partial charge in [-0.05, 0) is 0 Å². The Morgan fingerprint density at radius 2 is 2.09 bits per heavy atom. The van der Waals surface area contributed by atoms with E-state index in [4.69, 9.17) is 0 Å². The molecule has 0 aliphatic carbocycles. The molecule has 0 unspecified atom stereocenters. The van der Waals surface area contributed by atoms with Gasteiger partial charge in [-0.15, -0.1) is 0 Å². The van der Waals surface area contributed by atoms with Gasteiger partial charge in [-0.3, -0.25) is 4.79 Å². The molecule has 11 heavy (non-hydrogen) atoms. The van der Waals surface area contributed by atoms with Crippen LogP contribution in [0.5, 0.6) is 0 Å². The van der Waals surface area contributed by atoms with Crippen LogP contribution in [0, 0.1) is 5.92 Å². The van der Waals surface area contributed by atoms with Crippen LogP contribution in [0.25, 0.3) is 0 Å².